The number of nitrogens with two attached hydrogens (primary N) is 2. The molecule has 106 valence electrons. The molecule has 6 nitrogen and oxygen atoms in total. The van der Waals surface area contributed by atoms with Crippen molar-refractivity contribution in [2.75, 3.05) is 0 Å². The molecular weight excluding hydrogens is 234 g/mol. The minimum atomic E-state index is -0.891. The van der Waals surface area contributed by atoms with Crippen LogP contribution in [0.1, 0.15) is 47.5 Å². The van der Waals surface area contributed by atoms with Gasteiger partial charge in [0, 0.05) is 12.0 Å². The van der Waals surface area contributed by atoms with E-state index in [1.165, 1.54) is 0 Å². The summed E-state index contributed by atoms with van der Waals surface area (Å²) in [4.78, 5) is 22.6. The van der Waals surface area contributed by atoms with Gasteiger partial charge >= 0.3 is 6.09 Å². The van der Waals surface area contributed by atoms with Crippen LogP contribution in [0.25, 0.3) is 0 Å². The Labute approximate surface area is 108 Å². The molecule has 0 aliphatic heterocycles. The first-order valence-corrected chi connectivity index (χ1v) is 6.04. The lowest BCUT2D eigenvalue weighted by Crippen LogP contribution is -2.58. The Balaban J connectivity index is 4.60. The van der Waals surface area contributed by atoms with Gasteiger partial charge in [-0.2, -0.15) is 0 Å². The Morgan fingerprint density at radius 3 is 2.11 bits per heavy atom. The summed E-state index contributed by atoms with van der Waals surface area (Å²) in [5.74, 6) is -0.496. The van der Waals surface area contributed by atoms with E-state index in [1.54, 1.807) is 27.7 Å². The molecule has 0 heterocycles. The molecule has 6 heteroatoms. The zero-order valence-electron chi connectivity index (χ0n) is 11.9. The van der Waals surface area contributed by atoms with Crippen LogP contribution in [0.4, 0.5) is 4.79 Å². The van der Waals surface area contributed by atoms with Gasteiger partial charge in [0.25, 0.3) is 0 Å². The SMILES string of the molecule is CCC(NC(=O)OC(C)(C)C)C(C)(N)CC(N)=O. The smallest absolute Gasteiger partial charge is 0.407 e. The Hall–Kier alpha value is -1.30. The average Bonchev–Trinajstić information content (AvgIpc) is 2.08. The fraction of sp³-hybridized carbons (Fsp3) is 0.833. The highest BCUT2D eigenvalue weighted by atomic mass is 16.6. The second-order valence-corrected chi connectivity index (χ2v) is 5.76. The monoisotopic (exact) mass is 259 g/mol. The van der Waals surface area contributed by atoms with Gasteiger partial charge in [-0.15, -0.1) is 0 Å². The molecule has 2 unspecified atom stereocenters. The predicted molar refractivity (Wildman–Crippen MR) is 69.9 cm³/mol. The number of rotatable bonds is 5. The van der Waals surface area contributed by atoms with Gasteiger partial charge in [-0.05, 0) is 34.1 Å². The molecule has 0 fully saturated rings. The fourth-order valence-corrected chi connectivity index (χ4v) is 1.68. The van der Waals surface area contributed by atoms with E-state index >= 15 is 0 Å². The first kappa shape index (κ1) is 16.7. The second-order valence-electron chi connectivity index (χ2n) is 5.76. The van der Waals surface area contributed by atoms with E-state index in [9.17, 15) is 9.59 Å². The summed E-state index contributed by atoms with van der Waals surface area (Å²) in [7, 11) is 0. The summed E-state index contributed by atoms with van der Waals surface area (Å²) < 4.78 is 5.15. The minimum Gasteiger partial charge on any atom is -0.444 e. The zero-order valence-corrected chi connectivity index (χ0v) is 11.9. The summed E-state index contributed by atoms with van der Waals surface area (Å²) in [5, 5.41) is 2.67. The molecule has 0 saturated carbocycles. The topological polar surface area (TPSA) is 107 Å². The van der Waals surface area contributed by atoms with Gasteiger partial charge in [0.05, 0.1) is 6.04 Å². The minimum absolute atomic E-state index is 0.00129. The zero-order chi connectivity index (χ0) is 14.6. The van der Waals surface area contributed by atoms with Gasteiger partial charge in [-0.1, -0.05) is 6.92 Å². The van der Waals surface area contributed by atoms with E-state index in [-0.39, 0.29) is 12.5 Å². The van der Waals surface area contributed by atoms with Crippen molar-refractivity contribution in [3.8, 4) is 0 Å². The lowest BCUT2D eigenvalue weighted by Gasteiger charge is -2.33. The van der Waals surface area contributed by atoms with Crippen LogP contribution in [0.2, 0.25) is 0 Å². The molecule has 2 atom stereocenters. The molecule has 0 rings (SSSR count). The van der Waals surface area contributed by atoms with Crippen LogP contribution in [0.15, 0.2) is 0 Å². The van der Waals surface area contributed by atoms with Crippen LogP contribution in [0, 0.1) is 0 Å². The molecule has 0 aliphatic rings. The van der Waals surface area contributed by atoms with Crippen molar-refractivity contribution >= 4 is 12.0 Å². The molecule has 0 aromatic heterocycles. The molecule has 0 bridgehead atoms. The highest BCUT2D eigenvalue weighted by Crippen LogP contribution is 2.15. The molecule has 2 amide bonds. The molecular formula is C12H25N3O3. The van der Waals surface area contributed by atoms with Crippen LogP contribution in [0.3, 0.4) is 0 Å². The summed E-state index contributed by atoms with van der Waals surface area (Å²) in [6.45, 7) is 8.88. The van der Waals surface area contributed by atoms with Gasteiger partial charge in [-0.3, -0.25) is 4.79 Å². The van der Waals surface area contributed by atoms with E-state index in [0.29, 0.717) is 6.42 Å². The maximum absolute atomic E-state index is 11.7. The number of amides is 2. The first-order valence-electron chi connectivity index (χ1n) is 6.04. The molecule has 0 aliphatic carbocycles. The molecule has 0 saturated heterocycles. The van der Waals surface area contributed by atoms with Crippen molar-refractivity contribution in [3.63, 3.8) is 0 Å². The number of primary amides is 1. The van der Waals surface area contributed by atoms with Gasteiger partial charge in [0.2, 0.25) is 5.91 Å². The number of alkyl carbamates (subject to hydrolysis) is 1. The lowest BCUT2D eigenvalue weighted by molar-refractivity contribution is -0.119. The van der Waals surface area contributed by atoms with Crippen molar-refractivity contribution in [2.24, 2.45) is 11.5 Å². The number of ether oxygens (including phenoxy) is 1. The van der Waals surface area contributed by atoms with E-state index in [2.05, 4.69) is 5.32 Å². The Kier molecular flexibility index (Phi) is 5.60. The highest BCUT2D eigenvalue weighted by molar-refractivity contribution is 5.75. The Morgan fingerprint density at radius 2 is 1.78 bits per heavy atom. The molecule has 5 N–H and O–H groups in total. The Bertz CT molecular complexity index is 308. The third kappa shape index (κ3) is 6.44. The average molecular weight is 259 g/mol. The number of carbonyl (C=O) groups excluding carboxylic acids is 2. The van der Waals surface area contributed by atoms with Crippen molar-refractivity contribution in [1.82, 2.24) is 5.32 Å². The van der Waals surface area contributed by atoms with E-state index in [4.69, 9.17) is 16.2 Å². The highest BCUT2D eigenvalue weighted by Gasteiger charge is 2.32. The van der Waals surface area contributed by atoms with E-state index in [1.807, 2.05) is 6.92 Å². The van der Waals surface area contributed by atoms with Gasteiger partial charge < -0.3 is 21.5 Å². The first-order chi connectivity index (χ1) is 7.98. The van der Waals surface area contributed by atoms with Crippen LogP contribution in [0.5, 0.6) is 0 Å². The second kappa shape index (κ2) is 6.04. The largest absolute Gasteiger partial charge is 0.444 e. The van der Waals surface area contributed by atoms with E-state index < -0.39 is 23.1 Å². The van der Waals surface area contributed by atoms with E-state index in [0.717, 1.165) is 0 Å². The number of carbonyl (C=O) groups is 2. The molecule has 0 aromatic rings. The molecule has 18 heavy (non-hydrogen) atoms. The molecule has 0 aromatic carbocycles. The van der Waals surface area contributed by atoms with Crippen LogP contribution < -0.4 is 16.8 Å². The number of nitrogens with one attached hydrogen (secondary N) is 1. The van der Waals surface area contributed by atoms with Crippen LogP contribution >= 0.6 is 0 Å². The standard InChI is InChI=1S/C12H25N3O3/c1-6-8(12(5,14)7-9(13)16)15-10(17)18-11(2,3)4/h8H,6-7,14H2,1-5H3,(H2,13,16)(H,15,17). The third-order valence-electron chi connectivity index (χ3n) is 2.45. The summed E-state index contributed by atoms with van der Waals surface area (Å²) in [5.41, 5.74) is 9.69. The molecule has 0 radical (unpaired) electrons. The third-order valence-corrected chi connectivity index (χ3v) is 2.45. The predicted octanol–water partition coefficient (Wildman–Crippen LogP) is 0.883. The Morgan fingerprint density at radius 1 is 1.28 bits per heavy atom. The van der Waals surface area contributed by atoms with Crippen LogP contribution in [-0.4, -0.2) is 29.2 Å². The van der Waals surface area contributed by atoms with Crippen molar-refractivity contribution in [1.29, 1.82) is 0 Å². The summed E-state index contributed by atoms with van der Waals surface area (Å²) >= 11 is 0. The summed E-state index contributed by atoms with van der Waals surface area (Å²) in [6.07, 6.45) is 0.0383. The van der Waals surface area contributed by atoms with Crippen molar-refractivity contribution in [3.05, 3.63) is 0 Å². The maximum Gasteiger partial charge on any atom is 0.407 e. The fourth-order valence-electron chi connectivity index (χ4n) is 1.68. The van der Waals surface area contributed by atoms with Crippen LogP contribution in [-0.2, 0) is 9.53 Å². The normalized spacial score (nSPS) is 16.6. The van der Waals surface area contributed by atoms with Gasteiger partial charge in [-0.25, -0.2) is 4.79 Å². The maximum atomic E-state index is 11.7. The lowest BCUT2D eigenvalue weighted by atomic mass is 9.88. The van der Waals surface area contributed by atoms with Crippen molar-refractivity contribution < 1.29 is 14.3 Å². The quantitative estimate of drug-likeness (QED) is 0.681. The van der Waals surface area contributed by atoms with Gasteiger partial charge in [0.15, 0.2) is 0 Å². The van der Waals surface area contributed by atoms with Gasteiger partial charge in [0.1, 0.15) is 5.60 Å². The summed E-state index contributed by atoms with van der Waals surface area (Å²) in [6, 6.07) is -0.375. The molecule has 0 spiro atoms. The van der Waals surface area contributed by atoms with Crippen molar-refractivity contribution in [2.45, 2.75) is 64.6 Å². The number of hydrogen-bond donors (Lipinski definition) is 3. The number of hydrogen-bond acceptors (Lipinski definition) is 4.